The summed E-state index contributed by atoms with van der Waals surface area (Å²) in [7, 11) is 0. The largest absolute Gasteiger partial charge is 0.296 e. The molecule has 0 aromatic carbocycles. The Morgan fingerprint density at radius 3 is 2.25 bits per heavy atom. The Morgan fingerprint density at radius 1 is 0.938 bits per heavy atom. The number of allylic oxidation sites excluding steroid dienone is 4. The van der Waals surface area contributed by atoms with Crippen molar-refractivity contribution in [2.45, 2.75) is 0 Å². The summed E-state index contributed by atoms with van der Waals surface area (Å²) in [5.41, 5.74) is 0. The predicted molar refractivity (Wildman–Crippen MR) is 52.4 cm³/mol. The molecule has 1 heterocycles. The Bertz CT molecular complexity index is 481. The van der Waals surface area contributed by atoms with Gasteiger partial charge in [0, 0.05) is 5.92 Å². The first kappa shape index (κ1) is 8.67. The van der Waals surface area contributed by atoms with Crippen LogP contribution >= 0.6 is 0 Å². The van der Waals surface area contributed by atoms with Gasteiger partial charge in [-0.15, -0.1) is 0 Å². The van der Waals surface area contributed by atoms with Crippen molar-refractivity contribution in [2.75, 3.05) is 0 Å². The van der Waals surface area contributed by atoms with Gasteiger partial charge in [-0.3, -0.25) is 14.9 Å². The maximum atomic E-state index is 13.4. The van der Waals surface area contributed by atoms with Gasteiger partial charge in [0.1, 0.15) is 5.83 Å². The normalized spacial score (nSPS) is 51.7. The second kappa shape index (κ2) is 2.44. The fourth-order valence-corrected chi connectivity index (χ4v) is 3.90. The lowest BCUT2D eigenvalue weighted by molar-refractivity contribution is -0.128. The number of halogens is 1. The Morgan fingerprint density at radius 2 is 1.56 bits per heavy atom. The summed E-state index contributed by atoms with van der Waals surface area (Å²) in [5.74, 6) is -1.18. The van der Waals surface area contributed by atoms with Gasteiger partial charge in [-0.1, -0.05) is 12.2 Å². The van der Waals surface area contributed by atoms with Gasteiger partial charge < -0.3 is 0 Å². The molecule has 2 fully saturated rings. The fourth-order valence-electron chi connectivity index (χ4n) is 3.90. The molecule has 2 amide bonds. The van der Waals surface area contributed by atoms with Gasteiger partial charge in [0.05, 0.1) is 11.8 Å². The first-order valence-electron chi connectivity index (χ1n) is 5.59. The van der Waals surface area contributed by atoms with Crippen molar-refractivity contribution in [1.82, 2.24) is 5.32 Å². The zero-order valence-electron chi connectivity index (χ0n) is 8.39. The lowest BCUT2D eigenvalue weighted by Crippen LogP contribution is -2.52. The smallest absolute Gasteiger partial charge is 0.231 e. The number of amides is 2. The third-order valence-corrected chi connectivity index (χ3v) is 4.57. The van der Waals surface area contributed by atoms with Crippen molar-refractivity contribution >= 4 is 11.8 Å². The third kappa shape index (κ3) is 0.740. The molecule has 0 radical (unpaired) electrons. The van der Waals surface area contributed by atoms with Crippen LogP contribution in [0.4, 0.5) is 4.39 Å². The molecule has 4 aliphatic carbocycles. The number of rotatable bonds is 0. The summed E-state index contributed by atoms with van der Waals surface area (Å²) in [5, 5.41) is 2.38. The minimum Gasteiger partial charge on any atom is -0.296 e. The van der Waals surface area contributed by atoms with Crippen molar-refractivity contribution < 1.29 is 14.0 Å². The summed E-state index contributed by atoms with van der Waals surface area (Å²) < 4.78 is 13.4. The Balaban J connectivity index is 1.86. The molecule has 0 spiro atoms. The van der Waals surface area contributed by atoms with Crippen molar-refractivity contribution in [3.63, 3.8) is 0 Å². The van der Waals surface area contributed by atoms with Crippen LogP contribution in [0.1, 0.15) is 0 Å². The average molecular weight is 219 g/mol. The summed E-state index contributed by atoms with van der Waals surface area (Å²) in [6.07, 6.45) is 5.53. The minimum atomic E-state index is -0.330. The van der Waals surface area contributed by atoms with E-state index in [4.69, 9.17) is 0 Å². The van der Waals surface area contributed by atoms with Gasteiger partial charge in [-0.25, -0.2) is 4.39 Å². The van der Waals surface area contributed by atoms with Crippen LogP contribution in [0.5, 0.6) is 0 Å². The molecule has 0 aromatic heterocycles. The van der Waals surface area contributed by atoms with Crippen LogP contribution in [-0.2, 0) is 9.59 Å². The molecule has 1 N–H and O–H groups in total. The maximum Gasteiger partial charge on any atom is 0.231 e. The number of carbonyl (C=O) groups excluding carboxylic acids is 2. The number of hydrogen-bond acceptors (Lipinski definition) is 2. The van der Waals surface area contributed by atoms with E-state index in [-0.39, 0.29) is 53.1 Å². The molecular weight excluding hydrogens is 209 g/mol. The van der Waals surface area contributed by atoms with Crippen molar-refractivity contribution in [3.05, 3.63) is 24.1 Å². The summed E-state index contributed by atoms with van der Waals surface area (Å²) in [6, 6.07) is 0. The summed E-state index contributed by atoms with van der Waals surface area (Å²) in [4.78, 5) is 23.4. The topological polar surface area (TPSA) is 46.2 Å². The second-order valence-corrected chi connectivity index (χ2v) is 5.10. The summed E-state index contributed by atoms with van der Waals surface area (Å²) in [6.45, 7) is 0. The molecule has 0 unspecified atom stereocenters. The molecule has 1 aliphatic heterocycles. The molecule has 3 nitrogen and oxygen atoms in total. The van der Waals surface area contributed by atoms with E-state index in [0.717, 1.165) is 0 Å². The van der Waals surface area contributed by atoms with E-state index in [9.17, 15) is 14.0 Å². The lowest BCUT2D eigenvalue weighted by atomic mass is 9.50. The van der Waals surface area contributed by atoms with Crippen molar-refractivity contribution in [2.24, 2.45) is 35.5 Å². The molecular formula is C12H10FNO2. The van der Waals surface area contributed by atoms with Gasteiger partial charge in [-0.2, -0.15) is 0 Å². The molecule has 6 atom stereocenters. The van der Waals surface area contributed by atoms with E-state index < -0.39 is 0 Å². The first-order chi connectivity index (χ1) is 7.68. The monoisotopic (exact) mass is 219 g/mol. The van der Waals surface area contributed by atoms with Crippen molar-refractivity contribution in [3.8, 4) is 0 Å². The Kier molecular flexibility index (Phi) is 1.32. The SMILES string of the molecule is O=C1NC(=O)[C@@H]2[C@H]3C=C[C@@H]([C@@H]4C=C(F)[C@H]43)[C@@H]12. The Hall–Kier alpha value is -1.45. The van der Waals surface area contributed by atoms with Crippen LogP contribution in [0.2, 0.25) is 0 Å². The minimum absolute atomic E-state index is 0.0194. The maximum absolute atomic E-state index is 13.4. The molecule has 1 saturated carbocycles. The van der Waals surface area contributed by atoms with E-state index in [2.05, 4.69) is 5.32 Å². The van der Waals surface area contributed by atoms with Crippen LogP contribution in [0.3, 0.4) is 0 Å². The molecule has 5 rings (SSSR count). The molecule has 82 valence electrons. The molecule has 0 aromatic rings. The number of imide groups is 1. The average Bonchev–Trinajstić information content (AvgIpc) is 2.54. The highest BCUT2D eigenvalue weighted by Crippen LogP contribution is 2.60. The molecule has 1 saturated heterocycles. The van der Waals surface area contributed by atoms with E-state index >= 15 is 0 Å². The highest BCUT2D eigenvalue weighted by atomic mass is 19.1. The van der Waals surface area contributed by atoms with Gasteiger partial charge in [0.15, 0.2) is 0 Å². The van der Waals surface area contributed by atoms with Gasteiger partial charge >= 0.3 is 0 Å². The third-order valence-electron chi connectivity index (χ3n) is 4.57. The lowest BCUT2D eigenvalue weighted by Gasteiger charge is -2.52. The number of nitrogens with one attached hydrogen (secondary N) is 1. The van der Waals surface area contributed by atoms with Gasteiger partial charge in [0.2, 0.25) is 11.8 Å². The second-order valence-electron chi connectivity index (χ2n) is 5.10. The Labute approximate surface area is 91.4 Å². The highest BCUT2D eigenvalue weighted by Gasteiger charge is 2.62. The van der Waals surface area contributed by atoms with E-state index in [1.165, 1.54) is 0 Å². The van der Waals surface area contributed by atoms with E-state index in [1.54, 1.807) is 6.08 Å². The van der Waals surface area contributed by atoms with E-state index in [0.29, 0.717) is 0 Å². The molecule has 5 aliphatic rings. The molecule has 16 heavy (non-hydrogen) atoms. The quantitative estimate of drug-likeness (QED) is 0.483. The fraction of sp³-hybridized carbons (Fsp3) is 0.500. The van der Waals surface area contributed by atoms with Crippen molar-refractivity contribution in [1.29, 1.82) is 0 Å². The summed E-state index contributed by atoms with van der Waals surface area (Å²) >= 11 is 0. The zero-order chi connectivity index (χ0) is 11.0. The first-order valence-corrected chi connectivity index (χ1v) is 5.59. The van der Waals surface area contributed by atoms with Crippen LogP contribution in [-0.4, -0.2) is 11.8 Å². The van der Waals surface area contributed by atoms with E-state index in [1.807, 2.05) is 12.2 Å². The highest BCUT2D eigenvalue weighted by molar-refractivity contribution is 6.06. The van der Waals surface area contributed by atoms with Crippen LogP contribution in [0.25, 0.3) is 0 Å². The molecule has 4 heteroatoms. The number of hydrogen-bond donors (Lipinski definition) is 1. The van der Waals surface area contributed by atoms with Crippen LogP contribution in [0, 0.1) is 35.5 Å². The number of carbonyl (C=O) groups is 2. The van der Waals surface area contributed by atoms with Crippen LogP contribution in [0.15, 0.2) is 24.1 Å². The molecule has 2 bridgehead atoms. The standard InChI is InChI=1S/C12H10FNO2/c13-7-3-6-4-1-2-5(8(6)7)10-9(4)11(15)14-12(10)16/h1-6,8-10H,(H,14,15,16)/t4-,5-,6-,8-,9+,10+/m0/s1. The van der Waals surface area contributed by atoms with Gasteiger partial charge in [-0.05, 0) is 23.8 Å². The predicted octanol–water partition coefficient (Wildman–Crippen LogP) is 0.790. The zero-order valence-corrected chi connectivity index (χ0v) is 8.39. The van der Waals surface area contributed by atoms with Gasteiger partial charge in [0.25, 0.3) is 0 Å². The van der Waals surface area contributed by atoms with Crippen LogP contribution < -0.4 is 5.32 Å².